The Morgan fingerprint density at radius 1 is 1.15 bits per heavy atom. The number of hydrogen-bond acceptors (Lipinski definition) is 4. The molecule has 0 unspecified atom stereocenters. The summed E-state index contributed by atoms with van der Waals surface area (Å²) in [4.78, 5) is 24.1. The number of aryl methyl sites for hydroxylation is 1. The maximum absolute atomic E-state index is 12.6. The minimum Gasteiger partial charge on any atom is -0.491 e. The number of benzene rings is 2. The molecule has 0 aliphatic carbocycles. The van der Waals surface area contributed by atoms with Crippen molar-refractivity contribution in [1.82, 2.24) is 0 Å². The summed E-state index contributed by atoms with van der Waals surface area (Å²) in [5, 5.41) is 3.10. The van der Waals surface area contributed by atoms with Crippen molar-refractivity contribution in [3.63, 3.8) is 0 Å². The monoisotopic (exact) mass is 375 g/mol. The van der Waals surface area contributed by atoms with E-state index in [4.69, 9.17) is 21.1 Å². The van der Waals surface area contributed by atoms with E-state index in [-0.39, 0.29) is 17.8 Å². The summed E-state index contributed by atoms with van der Waals surface area (Å²) in [5.41, 5.74) is 2.37. The largest absolute Gasteiger partial charge is 0.491 e. The van der Waals surface area contributed by atoms with E-state index in [0.717, 1.165) is 5.56 Å². The second-order valence-electron chi connectivity index (χ2n) is 6.20. The summed E-state index contributed by atoms with van der Waals surface area (Å²) in [5.74, 6) is 0.442. The molecule has 5 nitrogen and oxygen atoms in total. The van der Waals surface area contributed by atoms with E-state index in [2.05, 4.69) is 5.32 Å². The molecule has 0 atom stereocenters. The average Bonchev–Trinajstić information content (AvgIpc) is 2.53. The van der Waals surface area contributed by atoms with E-state index in [1.807, 2.05) is 20.8 Å². The Morgan fingerprint density at radius 3 is 2.38 bits per heavy atom. The van der Waals surface area contributed by atoms with Crippen LogP contribution in [0, 0.1) is 6.92 Å². The molecule has 138 valence electrons. The van der Waals surface area contributed by atoms with Crippen molar-refractivity contribution < 1.29 is 19.1 Å². The summed E-state index contributed by atoms with van der Waals surface area (Å²) >= 11 is 6.22. The van der Waals surface area contributed by atoms with Crippen LogP contribution in [-0.4, -0.2) is 24.9 Å². The van der Waals surface area contributed by atoms with Crippen LogP contribution in [0.15, 0.2) is 30.3 Å². The van der Waals surface area contributed by atoms with Gasteiger partial charge in [-0.05, 0) is 63.6 Å². The predicted octanol–water partition coefficient (Wildman–Crippen LogP) is 4.90. The zero-order chi connectivity index (χ0) is 19.4. The fraction of sp³-hybridized carbons (Fsp3) is 0.300. The normalized spacial score (nSPS) is 10.6. The van der Waals surface area contributed by atoms with E-state index in [0.29, 0.717) is 33.3 Å². The third kappa shape index (κ3) is 4.55. The van der Waals surface area contributed by atoms with Crippen LogP contribution in [0.25, 0.3) is 0 Å². The van der Waals surface area contributed by atoms with Gasteiger partial charge < -0.3 is 14.8 Å². The van der Waals surface area contributed by atoms with Gasteiger partial charge in [0.25, 0.3) is 5.91 Å². The lowest BCUT2D eigenvalue weighted by Gasteiger charge is -2.16. The molecule has 6 heteroatoms. The van der Waals surface area contributed by atoms with Gasteiger partial charge in [0.05, 0.1) is 18.2 Å². The van der Waals surface area contributed by atoms with Gasteiger partial charge in [0.1, 0.15) is 0 Å². The number of ether oxygens (including phenoxy) is 2. The molecule has 2 aromatic rings. The van der Waals surface area contributed by atoms with Crippen LogP contribution >= 0.6 is 11.6 Å². The van der Waals surface area contributed by atoms with Gasteiger partial charge in [-0.1, -0.05) is 11.6 Å². The third-order valence-corrected chi connectivity index (χ3v) is 3.98. The van der Waals surface area contributed by atoms with Crippen LogP contribution in [-0.2, 0) is 0 Å². The molecule has 0 radical (unpaired) electrons. The number of methoxy groups -OCH3 is 1. The van der Waals surface area contributed by atoms with Crippen molar-refractivity contribution in [3.8, 4) is 11.5 Å². The molecule has 1 amide bonds. The minimum absolute atomic E-state index is 0.0159. The number of Topliss-reactive ketones (excluding diaryl/α,β-unsaturated/α-hetero) is 1. The highest BCUT2D eigenvalue weighted by Gasteiger charge is 2.17. The highest BCUT2D eigenvalue weighted by molar-refractivity contribution is 6.32. The van der Waals surface area contributed by atoms with Gasteiger partial charge >= 0.3 is 0 Å². The van der Waals surface area contributed by atoms with Crippen LogP contribution in [0.2, 0.25) is 5.02 Å². The van der Waals surface area contributed by atoms with Crippen molar-refractivity contribution in [1.29, 1.82) is 0 Å². The highest BCUT2D eigenvalue weighted by atomic mass is 35.5. The van der Waals surface area contributed by atoms with Crippen LogP contribution in [0.5, 0.6) is 11.5 Å². The van der Waals surface area contributed by atoms with E-state index < -0.39 is 0 Å². The average molecular weight is 376 g/mol. The molecule has 2 aromatic carbocycles. The first-order chi connectivity index (χ1) is 12.2. The second kappa shape index (κ2) is 8.23. The Hall–Kier alpha value is -2.53. The van der Waals surface area contributed by atoms with Gasteiger partial charge in [0.15, 0.2) is 17.3 Å². The molecule has 0 bridgehead atoms. The highest BCUT2D eigenvalue weighted by Crippen LogP contribution is 2.37. The first-order valence-electron chi connectivity index (χ1n) is 8.20. The number of carbonyl (C=O) groups is 2. The zero-order valence-electron chi connectivity index (χ0n) is 15.5. The third-order valence-electron chi connectivity index (χ3n) is 3.70. The number of ketones is 1. The lowest BCUT2D eigenvalue weighted by atomic mass is 10.0. The van der Waals surface area contributed by atoms with Gasteiger partial charge in [0, 0.05) is 16.8 Å². The maximum Gasteiger partial charge on any atom is 0.255 e. The molecule has 0 saturated heterocycles. The molecular weight excluding hydrogens is 354 g/mol. The van der Waals surface area contributed by atoms with Crippen LogP contribution in [0.3, 0.4) is 0 Å². The number of halogens is 1. The van der Waals surface area contributed by atoms with E-state index >= 15 is 0 Å². The van der Waals surface area contributed by atoms with E-state index in [1.165, 1.54) is 20.1 Å². The van der Waals surface area contributed by atoms with Crippen molar-refractivity contribution in [2.75, 3.05) is 12.4 Å². The molecule has 2 rings (SSSR count). The summed E-state index contributed by atoms with van der Waals surface area (Å²) in [6.07, 6.45) is -0.0972. The molecule has 0 aliphatic rings. The fourth-order valence-electron chi connectivity index (χ4n) is 2.58. The SMILES string of the molecule is COc1c(Cl)cc(C(=O)Nc2ccc(C(C)=O)c(C)c2)cc1OC(C)C. The topological polar surface area (TPSA) is 64.6 Å². The van der Waals surface area contributed by atoms with Crippen molar-refractivity contribution >= 4 is 29.0 Å². The summed E-state index contributed by atoms with van der Waals surface area (Å²) < 4.78 is 11.0. The number of amides is 1. The maximum atomic E-state index is 12.6. The number of nitrogens with one attached hydrogen (secondary N) is 1. The van der Waals surface area contributed by atoms with Gasteiger partial charge in [-0.3, -0.25) is 9.59 Å². The first kappa shape index (κ1) is 19.8. The van der Waals surface area contributed by atoms with Crippen LogP contribution in [0.4, 0.5) is 5.69 Å². The Bertz CT molecular complexity index is 846. The molecule has 0 aromatic heterocycles. The predicted molar refractivity (Wildman–Crippen MR) is 103 cm³/mol. The summed E-state index contributed by atoms with van der Waals surface area (Å²) in [6, 6.07) is 8.27. The van der Waals surface area contributed by atoms with Gasteiger partial charge in [-0.25, -0.2) is 0 Å². The molecule has 0 saturated carbocycles. The zero-order valence-corrected chi connectivity index (χ0v) is 16.2. The Morgan fingerprint density at radius 2 is 1.85 bits per heavy atom. The van der Waals surface area contributed by atoms with Gasteiger partial charge in [-0.15, -0.1) is 0 Å². The molecule has 0 spiro atoms. The molecule has 0 fully saturated rings. The minimum atomic E-state index is -0.335. The van der Waals surface area contributed by atoms with Gasteiger partial charge in [-0.2, -0.15) is 0 Å². The number of rotatable bonds is 6. The lowest BCUT2D eigenvalue weighted by molar-refractivity contribution is 0.101. The molecule has 26 heavy (non-hydrogen) atoms. The van der Waals surface area contributed by atoms with Crippen molar-refractivity contribution in [3.05, 3.63) is 52.0 Å². The fourth-order valence-corrected chi connectivity index (χ4v) is 2.87. The van der Waals surface area contributed by atoms with Crippen molar-refractivity contribution in [2.45, 2.75) is 33.8 Å². The lowest BCUT2D eigenvalue weighted by Crippen LogP contribution is -2.14. The molecule has 0 aliphatic heterocycles. The summed E-state index contributed by atoms with van der Waals surface area (Å²) in [6.45, 7) is 7.08. The number of hydrogen-bond donors (Lipinski definition) is 1. The van der Waals surface area contributed by atoms with Crippen molar-refractivity contribution in [2.24, 2.45) is 0 Å². The second-order valence-corrected chi connectivity index (χ2v) is 6.60. The van der Waals surface area contributed by atoms with E-state index in [9.17, 15) is 9.59 Å². The number of anilines is 1. The summed E-state index contributed by atoms with van der Waals surface area (Å²) in [7, 11) is 1.49. The Labute approximate surface area is 158 Å². The van der Waals surface area contributed by atoms with E-state index in [1.54, 1.807) is 24.3 Å². The molecule has 0 heterocycles. The number of carbonyl (C=O) groups excluding carboxylic acids is 2. The smallest absolute Gasteiger partial charge is 0.255 e. The molecule has 1 N–H and O–H groups in total. The van der Waals surface area contributed by atoms with Gasteiger partial charge in [0.2, 0.25) is 0 Å². The van der Waals surface area contributed by atoms with Crippen LogP contribution in [0.1, 0.15) is 47.1 Å². The quantitative estimate of drug-likeness (QED) is 0.729. The van der Waals surface area contributed by atoms with Crippen LogP contribution < -0.4 is 14.8 Å². The Balaban J connectivity index is 2.31. The first-order valence-corrected chi connectivity index (χ1v) is 8.57. The Kier molecular flexibility index (Phi) is 6.27. The standard InChI is InChI=1S/C20H22ClNO4/c1-11(2)26-18-10-14(9-17(21)19(18)25-5)20(24)22-15-6-7-16(13(4)23)12(3)8-15/h6-11H,1-5H3,(H,22,24). The molecular formula is C20H22ClNO4.